The van der Waals surface area contributed by atoms with Crippen molar-refractivity contribution in [1.82, 2.24) is 5.32 Å². The Kier molecular flexibility index (Phi) is 13.0. The molecule has 0 aliphatic heterocycles. The van der Waals surface area contributed by atoms with Gasteiger partial charge < -0.3 is 10.4 Å². The van der Waals surface area contributed by atoms with E-state index in [9.17, 15) is 18.0 Å². The number of sulfone groups is 1. The lowest BCUT2D eigenvalue weighted by Gasteiger charge is -2.20. The maximum atomic E-state index is 12.3. The Bertz CT molecular complexity index is 436. The first-order valence-electron chi connectivity index (χ1n) is 7.01. The number of thioether (sulfide) groups is 1. The van der Waals surface area contributed by atoms with E-state index in [0.717, 1.165) is 12.8 Å². The SMILES string of the molecule is CCCC(CCC)S(=O)(=O)CC(NC(=O)CSC)C(=O)O.Cl. The summed E-state index contributed by atoms with van der Waals surface area (Å²) in [5.41, 5.74) is 0. The Morgan fingerprint density at radius 1 is 1.18 bits per heavy atom. The van der Waals surface area contributed by atoms with Gasteiger partial charge in [-0.2, -0.15) is 11.8 Å². The molecule has 1 atom stereocenters. The molecule has 0 aromatic rings. The monoisotopic (exact) mass is 375 g/mol. The van der Waals surface area contributed by atoms with Crippen LogP contribution in [0.3, 0.4) is 0 Å². The number of halogens is 1. The number of carbonyl (C=O) groups excluding carboxylic acids is 1. The molecule has 0 saturated heterocycles. The minimum atomic E-state index is -3.55. The predicted molar refractivity (Wildman–Crippen MR) is 92.6 cm³/mol. The molecule has 6 nitrogen and oxygen atoms in total. The topological polar surface area (TPSA) is 101 Å². The molecule has 0 aliphatic carbocycles. The van der Waals surface area contributed by atoms with Crippen molar-refractivity contribution in [3.63, 3.8) is 0 Å². The van der Waals surface area contributed by atoms with Crippen molar-refractivity contribution in [2.24, 2.45) is 0 Å². The maximum Gasteiger partial charge on any atom is 0.327 e. The third-order valence-corrected chi connectivity index (χ3v) is 5.87. The van der Waals surface area contributed by atoms with E-state index >= 15 is 0 Å². The second-order valence-corrected chi connectivity index (χ2v) is 8.11. The smallest absolute Gasteiger partial charge is 0.327 e. The number of amides is 1. The quantitative estimate of drug-likeness (QED) is 0.570. The van der Waals surface area contributed by atoms with E-state index in [2.05, 4.69) is 5.32 Å². The Balaban J connectivity index is 0. The van der Waals surface area contributed by atoms with Gasteiger partial charge in [0.05, 0.1) is 16.8 Å². The van der Waals surface area contributed by atoms with Crippen molar-refractivity contribution in [2.45, 2.75) is 50.8 Å². The van der Waals surface area contributed by atoms with Crippen LogP contribution < -0.4 is 5.32 Å². The Morgan fingerprint density at radius 2 is 1.68 bits per heavy atom. The summed E-state index contributed by atoms with van der Waals surface area (Å²) < 4.78 is 24.7. The van der Waals surface area contributed by atoms with E-state index < -0.39 is 38.8 Å². The van der Waals surface area contributed by atoms with Crippen molar-refractivity contribution in [3.05, 3.63) is 0 Å². The summed E-state index contributed by atoms with van der Waals surface area (Å²) in [6, 6.07) is -1.38. The summed E-state index contributed by atoms with van der Waals surface area (Å²) in [6.45, 7) is 3.79. The third kappa shape index (κ3) is 8.85. The molecule has 0 radical (unpaired) electrons. The highest BCUT2D eigenvalue weighted by Gasteiger charge is 2.31. The lowest BCUT2D eigenvalue weighted by atomic mass is 10.2. The van der Waals surface area contributed by atoms with Gasteiger partial charge >= 0.3 is 5.97 Å². The summed E-state index contributed by atoms with van der Waals surface area (Å²) in [7, 11) is -3.55. The molecule has 0 fully saturated rings. The van der Waals surface area contributed by atoms with Crippen molar-refractivity contribution in [2.75, 3.05) is 17.8 Å². The number of hydrogen-bond donors (Lipinski definition) is 2. The third-order valence-electron chi connectivity index (χ3n) is 3.04. The molecule has 9 heteroatoms. The van der Waals surface area contributed by atoms with Crippen LogP contribution in [-0.2, 0) is 19.4 Å². The first-order valence-corrected chi connectivity index (χ1v) is 10.1. The lowest BCUT2D eigenvalue weighted by molar-refractivity contribution is -0.140. The number of carboxylic acid groups (broad SMARTS) is 1. The normalized spacial score (nSPS) is 12.5. The average molecular weight is 376 g/mol. The number of rotatable bonds is 11. The number of carboxylic acids is 1. The van der Waals surface area contributed by atoms with Crippen LogP contribution in [0.25, 0.3) is 0 Å². The van der Waals surface area contributed by atoms with E-state index in [1.54, 1.807) is 6.26 Å². The minimum absolute atomic E-state index is 0. The number of aliphatic carboxylic acids is 1. The summed E-state index contributed by atoms with van der Waals surface area (Å²) in [5, 5.41) is 10.8. The van der Waals surface area contributed by atoms with Crippen LogP contribution in [0, 0.1) is 0 Å². The number of hydrogen-bond acceptors (Lipinski definition) is 5. The average Bonchev–Trinajstić information content (AvgIpc) is 2.37. The molecular formula is C13H26ClNO5S2. The fourth-order valence-corrected chi connectivity index (χ4v) is 4.56. The molecule has 1 unspecified atom stereocenters. The van der Waals surface area contributed by atoms with Gasteiger partial charge in [0.2, 0.25) is 5.91 Å². The van der Waals surface area contributed by atoms with E-state index in [-0.39, 0.29) is 18.2 Å². The van der Waals surface area contributed by atoms with Gasteiger partial charge in [-0.3, -0.25) is 4.79 Å². The van der Waals surface area contributed by atoms with Crippen molar-refractivity contribution in [3.8, 4) is 0 Å². The lowest BCUT2D eigenvalue weighted by Crippen LogP contribution is -2.47. The zero-order valence-corrected chi connectivity index (χ0v) is 15.7. The molecule has 0 spiro atoms. The highest BCUT2D eigenvalue weighted by Crippen LogP contribution is 2.16. The maximum absolute atomic E-state index is 12.3. The van der Waals surface area contributed by atoms with Crippen LogP contribution in [0.1, 0.15) is 39.5 Å². The molecule has 0 bridgehead atoms. The van der Waals surface area contributed by atoms with Crippen LogP contribution >= 0.6 is 24.2 Å². The van der Waals surface area contributed by atoms with Crippen LogP contribution in [-0.4, -0.2) is 54.5 Å². The highest BCUT2D eigenvalue weighted by molar-refractivity contribution is 7.99. The molecule has 1 amide bonds. The summed E-state index contributed by atoms with van der Waals surface area (Å²) >= 11 is 1.25. The second kappa shape index (κ2) is 12.0. The first-order chi connectivity index (χ1) is 9.78. The van der Waals surface area contributed by atoms with Gasteiger partial charge in [-0.1, -0.05) is 26.7 Å². The van der Waals surface area contributed by atoms with Crippen LogP contribution in [0.15, 0.2) is 0 Å². The first kappa shape index (κ1) is 23.8. The zero-order chi connectivity index (χ0) is 16.5. The van der Waals surface area contributed by atoms with Crippen LogP contribution in [0.5, 0.6) is 0 Å². The van der Waals surface area contributed by atoms with Gasteiger partial charge in [0.1, 0.15) is 6.04 Å². The molecule has 0 rings (SSSR count). The van der Waals surface area contributed by atoms with Gasteiger partial charge in [-0.15, -0.1) is 12.4 Å². The Labute approximate surface area is 143 Å². The molecule has 22 heavy (non-hydrogen) atoms. The molecule has 0 saturated carbocycles. The molecule has 0 aromatic heterocycles. The van der Waals surface area contributed by atoms with Gasteiger partial charge in [-0.05, 0) is 19.1 Å². The fraction of sp³-hybridized carbons (Fsp3) is 0.846. The van der Waals surface area contributed by atoms with Crippen LogP contribution in [0.2, 0.25) is 0 Å². The summed E-state index contributed by atoms with van der Waals surface area (Å²) in [4.78, 5) is 22.6. The molecule has 2 N–H and O–H groups in total. The fourth-order valence-electron chi connectivity index (χ4n) is 2.06. The van der Waals surface area contributed by atoms with Gasteiger partial charge in [-0.25, -0.2) is 13.2 Å². The molecular weight excluding hydrogens is 350 g/mol. The molecule has 0 aliphatic rings. The van der Waals surface area contributed by atoms with Gasteiger partial charge in [0.25, 0.3) is 0 Å². The van der Waals surface area contributed by atoms with E-state index in [1.807, 2.05) is 13.8 Å². The van der Waals surface area contributed by atoms with Gasteiger partial charge in [0.15, 0.2) is 9.84 Å². The number of carbonyl (C=O) groups is 2. The molecule has 0 aromatic carbocycles. The zero-order valence-electron chi connectivity index (χ0n) is 13.2. The Hall–Kier alpha value is -0.470. The van der Waals surface area contributed by atoms with Crippen molar-refractivity contribution < 1.29 is 23.1 Å². The standard InChI is InChI=1S/C13H25NO5S2.ClH/c1-4-6-10(7-5-2)21(18,19)9-11(13(16)17)14-12(15)8-20-3;/h10-11H,4-9H2,1-3H3,(H,14,15)(H,16,17);1H. The van der Waals surface area contributed by atoms with Crippen molar-refractivity contribution in [1.29, 1.82) is 0 Å². The van der Waals surface area contributed by atoms with Gasteiger partial charge in [0, 0.05) is 0 Å². The van der Waals surface area contributed by atoms with E-state index in [0.29, 0.717) is 12.8 Å². The summed E-state index contributed by atoms with van der Waals surface area (Å²) in [5.74, 6) is -2.22. The van der Waals surface area contributed by atoms with E-state index in [1.165, 1.54) is 11.8 Å². The minimum Gasteiger partial charge on any atom is -0.480 e. The molecule has 0 heterocycles. The van der Waals surface area contributed by atoms with E-state index in [4.69, 9.17) is 5.11 Å². The molecule has 132 valence electrons. The summed E-state index contributed by atoms with van der Waals surface area (Å²) in [6.07, 6.45) is 4.19. The van der Waals surface area contributed by atoms with Crippen molar-refractivity contribution >= 4 is 45.9 Å². The highest BCUT2D eigenvalue weighted by atomic mass is 35.5. The predicted octanol–water partition coefficient (Wildman–Crippen LogP) is 1.72. The second-order valence-electron chi connectivity index (χ2n) is 4.92. The van der Waals surface area contributed by atoms with Crippen LogP contribution in [0.4, 0.5) is 0 Å². The largest absolute Gasteiger partial charge is 0.480 e. The number of nitrogens with one attached hydrogen (secondary N) is 1. The Morgan fingerprint density at radius 3 is 2.05 bits per heavy atom.